The van der Waals surface area contributed by atoms with Crippen molar-refractivity contribution in [2.24, 2.45) is 5.92 Å². The van der Waals surface area contributed by atoms with E-state index in [4.69, 9.17) is 4.42 Å². The number of carbonyl (C=O) groups is 2. The second kappa shape index (κ2) is 7.31. The van der Waals surface area contributed by atoms with Crippen molar-refractivity contribution in [1.29, 1.82) is 0 Å². The molecule has 2 N–H and O–H groups in total. The van der Waals surface area contributed by atoms with Crippen molar-refractivity contribution >= 4 is 22.8 Å². The SMILES string of the molecule is Cc1ccc2c(CC(=O)NCCNC(=O)C(C)C)coc2c1C. The van der Waals surface area contributed by atoms with Crippen LogP contribution >= 0.6 is 0 Å². The van der Waals surface area contributed by atoms with Crippen LogP contribution in [-0.2, 0) is 16.0 Å². The number of carbonyl (C=O) groups excluding carboxylic acids is 2. The largest absolute Gasteiger partial charge is 0.464 e. The van der Waals surface area contributed by atoms with Crippen LogP contribution in [0.3, 0.4) is 0 Å². The van der Waals surface area contributed by atoms with E-state index in [1.807, 2.05) is 39.8 Å². The number of aryl methyl sites for hydroxylation is 2. The Bertz CT molecular complexity index is 716. The summed E-state index contributed by atoms with van der Waals surface area (Å²) in [5.74, 6) is -0.134. The average Bonchev–Trinajstić information content (AvgIpc) is 2.90. The lowest BCUT2D eigenvalue weighted by molar-refractivity contribution is -0.124. The van der Waals surface area contributed by atoms with Gasteiger partial charge in [0.2, 0.25) is 11.8 Å². The minimum atomic E-state index is -0.0790. The van der Waals surface area contributed by atoms with Gasteiger partial charge in [-0.2, -0.15) is 0 Å². The van der Waals surface area contributed by atoms with E-state index in [0.717, 1.165) is 22.1 Å². The zero-order chi connectivity index (χ0) is 17.0. The Hall–Kier alpha value is -2.30. The third-order valence-corrected chi connectivity index (χ3v) is 3.96. The van der Waals surface area contributed by atoms with Crippen molar-refractivity contribution in [2.75, 3.05) is 13.1 Å². The van der Waals surface area contributed by atoms with Gasteiger partial charge in [0.25, 0.3) is 0 Å². The lowest BCUT2D eigenvalue weighted by Crippen LogP contribution is -2.36. The molecule has 1 heterocycles. The van der Waals surface area contributed by atoms with Crippen molar-refractivity contribution < 1.29 is 14.0 Å². The van der Waals surface area contributed by atoms with Crippen molar-refractivity contribution in [1.82, 2.24) is 10.6 Å². The summed E-state index contributed by atoms with van der Waals surface area (Å²) >= 11 is 0. The highest BCUT2D eigenvalue weighted by Gasteiger charge is 2.12. The lowest BCUT2D eigenvalue weighted by atomic mass is 10.0. The second-order valence-electron chi connectivity index (χ2n) is 6.12. The molecular formula is C18H24N2O3. The molecular weight excluding hydrogens is 292 g/mol. The summed E-state index contributed by atoms with van der Waals surface area (Å²) in [7, 11) is 0. The molecule has 1 aromatic heterocycles. The first-order valence-corrected chi connectivity index (χ1v) is 7.91. The van der Waals surface area contributed by atoms with Gasteiger partial charge in [-0.15, -0.1) is 0 Å². The zero-order valence-corrected chi connectivity index (χ0v) is 14.2. The highest BCUT2D eigenvalue weighted by atomic mass is 16.3. The summed E-state index contributed by atoms with van der Waals surface area (Å²) in [4.78, 5) is 23.4. The summed E-state index contributed by atoms with van der Waals surface area (Å²) in [6.45, 7) is 8.58. The van der Waals surface area contributed by atoms with Crippen LogP contribution in [0.5, 0.6) is 0 Å². The molecule has 1 aromatic carbocycles. The molecule has 0 saturated heterocycles. The maximum atomic E-state index is 12.0. The molecule has 5 heteroatoms. The molecule has 0 aliphatic rings. The van der Waals surface area contributed by atoms with Gasteiger partial charge in [-0.05, 0) is 25.0 Å². The minimum absolute atomic E-state index is 0.00840. The second-order valence-corrected chi connectivity index (χ2v) is 6.12. The molecule has 0 unspecified atom stereocenters. The lowest BCUT2D eigenvalue weighted by Gasteiger charge is -2.08. The Morgan fingerprint density at radius 3 is 2.52 bits per heavy atom. The van der Waals surface area contributed by atoms with Crippen LogP contribution < -0.4 is 10.6 Å². The van der Waals surface area contributed by atoms with Crippen LogP contribution in [0.25, 0.3) is 11.0 Å². The van der Waals surface area contributed by atoms with E-state index < -0.39 is 0 Å². The third kappa shape index (κ3) is 4.12. The van der Waals surface area contributed by atoms with Crippen LogP contribution in [0.4, 0.5) is 0 Å². The van der Waals surface area contributed by atoms with Crippen molar-refractivity contribution in [3.63, 3.8) is 0 Å². The monoisotopic (exact) mass is 316 g/mol. The van der Waals surface area contributed by atoms with E-state index in [2.05, 4.69) is 10.6 Å². The molecule has 0 bridgehead atoms. The molecule has 2 amide bonds. The van der Waals surface area contributed by atoms with Crippen LogP contribution in [0.2, 0.25) is 0 Å². The van der Waals surface area contributed by atoms with Gasteiger partial charge < -0.3 is 15.1 Å². The molecule has 5 nitrogen and oxygen atoms in total. The number of furan rings is 1. The molecule has 0 aliphatic heterocycles. The van der Waals surface area contributed by atoms with Gasteiger partial charge in [-0.3, -0.25) is 9.59 Å². The normalized spacial score (nSPS) is 11.0. The van der Waals surface area contributed by atoms with Gasteiger partial charge >= 0.3 is 0 Å². The van der Waals surface area contributed by atoms with Gasteiger partial charge in [0.1, 0.15) is 5.58 Å². The number of rotatable bonds is 6. The quantitative estimate of drug-likeness (QED) is 0.804. The van der Waals surface area contributed by atoms with Crippen molar-refractivity contribution in [2.45, 2.75) is 34.1 Å². The van der Waals surface area contributed by atoms with Gasteiger partial charge in [-0.1, -0.05) is 26.0 Å². The summed E-state index contributed by atoms with van der Waals surface area (Å²) in [5, 5.41) is 6.56. The topological polar surface area (TPSA) is 71.3 Å². The van der Waals surface area contributed by atoms with E-state index in [1.54, 1.807) is 6.26 Å². The van der Waals surface area contributed by atoms with E-state index in [0.29, 0.717) is 13.1 Å². The summed E-state index contributed by atoms with van der Waals surface area (Å²) in [5.41, 5.74) is 4.00. The predicted molar refractivity (Wildman–Crippen MR) is 90.2 cm³/mol. The summed E-state index contributed by atoms with van der Waals surface area (Å²) in [6.07, 6.45) is 1.92. The van der Waals surface area contributed by atoms with E-state index in [-0.39, 0.29) is 24.2 Å². The first-order chi connectivity index (χ1) is 10.9. The highest BCUT2D eigenvalue weighted by Crippen LogP contribution is 2.26. The summed E-state index contributed by atoms with van der Waals surface area (Å²) < 4.78 is 5.61. The summed E-state index contributed by atoms with van der Waals surface area (Å²) in [6, 6.07) is 4.03. The highest BCUT2D eigenvalue weighted by molar-refractivity contribution is 5.89. The molecule has 2 aromatic rings. The fraction of sp³-hybridized carbons (Fsp3) is 0.444. The molecule has 0 atom stereocenters. The molecule has 0 spiro atoms. The van der Waals surface area contributed by atoms with Crippen LogP contribution in [-0.4, -0.2) is 24.9 Å². The fourth-order valence-corrected chi connectivity index (χ4v) is 2.35. The van der Waals surface area contributed by atoms with E-state index in [1.165, 1.54) is 5.56 Å². The molecule has 0 fully saturated rings. The Morgan fingerprint density at radius 2 is 1.83 bits per heavy atom. The van der Waals surface area contributed by atoms with Gasteiger partial charge in [-0.25, -0.2) is 0 Å². The fourth-order valence-electron chi connectivity index (χ4n) is 2.35. The Labute approximate surface area is 136 Å². The standard InChI is InChI=1S/C18H24N2O3/c1-11(2)18(22)20-8-7-19-16(21)9-14-10-23-17-13(4)12(3)5-6-15(14)17/h5-6,10-11H,7-9H2,1-4H3,(H,19,21)(H,20,22). The van der Waals surface area contributed by atoms with Crippen molar-refractivity contribution in [3.8, 4) is 0 Å². The number of fused-ring (bicyclic) bond motifs is 1. The van der Waals surface area contributed by atoms with Crippen LogP contribution in [0.1, 0.15) is 30.5 Å². The molecule has 124 valence electrons. The molecule has 2 rings (SSSR count). The van der Waals surface area contributed by atoms with Crippen molar-refractivity contribution in [3.05, 3.63) is 35.1 Å². The average molecular weight is 316 g/mol. The maximum Gasteiger partial charge on any atom is 0.224 e. The Morgan fingerprint density at radius 1 is 1.13 bits per heavy atom. The third-order valence-electron chi connectivity index (χ3n) is 3.96. The molecule has 0 saturated carbocycles. The number of nitrogens with one attached hydrogen (secondary N) is 2. The maximum absolute atomic E-state index is 12.0. The van der Waals surface area contributed by atoms with E-state index >= 15 is 0 Å². The van der Waals surface area contributed by atoms with Gasteiger partial charge in [0, 0.05) is 30.0 Å². The number of hydrogen-bond acceptors (Lipinski definition) is 3. The zero-order valence-electron chi connectivity index (χ0n) is 14.2. The first kappa shape index (κ1) is 17.1. The Balaban J connectivity index is 1.89. The molecule has 23 heavy (non-hydrogen) atoms. The van der Waals surface area contributed by atoms with Crippen LogP contribution in [0.15, 0.2) is 22.8 Å². The minimum Gasteiger partial charge on any atom is -0.464 e. The Kier molecular flexibility index (Phi) is 5.42. The first-order valence-electron chi connectivity index (χ1n) is 7.91. The van der Waals surface area contributed by atoms with Gasteiger partial charge in [0.05, 0.1) is 12.7 Å². The number of amides is 2. The van der Waals surface area contributed by atoms with E-state index in [9.17, 15) is 9.59 Å². The predicted octanol–water partition coefficient (Wildman–Crippen LogP) is 2.48. The number of benzene rings is 1. The molecule has 0 radical (unpaired) electrons. The molecule has 0 aliphatic carbocycles. The van der Waals surface area contributed by atoms with Crippen LogP contribution in [0, 0.1) is 19.8 Å². The number of hydrogen-bond donors (Lipinski definition) is 2. The smallest absolute Gasteiger partial charge is 0.224 e. The van der Waals surface area contributed by atoms with Gasteiger partial charge in [0.15, 0.2) is 0 Å².